The summed E-state index contributed by atoms with van der Waals surface area (Å²) in [5.41, 5.74) is 2.20. The maximum atomic E-state index is 11.4. The van der Waals surface area contributed by atoms with Crippen LogP contribution in [0.15, 0.2) is 36.7 Å². The van der Waals surface area contributed by atoms with Crippen LogP contribution in [0.2, 0.25) is 0 Å². The number of aliphatic carboxylic acids is 1. The van der Waals surface area contributed by atoms with E-state index in [0.29, 0.717) is 5.69 Å². The van der Waals surface area contributed by atoms with E-state index in [-0.39, 0.29) is 0 Å². The number of carboxylic acid groups (broad SMARTS) is 1. The van der Waals surface area contributed by atoms with Crippen LogP contribution in [0.4, 0.5) is 5.69 Å². The van der Waals surface area contributed by atoms with Crippen molar-refractivity contribution in [3.63, 3.8) is 0 Å². The van der Waals surface area contributed by atoms with Gasteiger partial charge in [0, 0.05) is 17.8 Å². The van der Waals surface area contributed by atoms with E-state index in [2.05, 4.69) is 20.8 Å². The number of aromatic nitrogens is 4. The highest BCUT2D eigenvalue weighted by Gasteiger charge is 2.05. The zero-order chi connectivity index (χ0) is 14.5. The van der Waals surface area contributed by atoms with Gasteiger partial charge in [0.25, 0.3) is 0 Å². The topological polar surface area (TPSA) is 110 Å². The molecule has 0 saturated heterocycles. The summed E-state index contributed by atoms with van der Waals surface area (Å²) >= 11 is 0. The predicted molar refractivity (Wildman–Crippen MR) is 69.3 cm³/mol. The van der Waals surface area contributed by atoms with Crippen molar-refractivity contribution >= 4 is 17.6 Å². The summed E-state index contributed by atoms with van der Waals surface area (Å²) in [5, 5.41) is 21.9. The van der Waals surface area contributed by atoms with E-state index in [1.807, 2.05) is 6.92 Å². The molecule has 0 atom stereocenters. The monoisotopic (exact) mass is 273 g/mol. The van der Waals surface area contributed by atoms with Crippen LogP contribution in [0.3, 0.4) is 0 Å². The third kappa shape index (κ3) is 3.25. The van der Waals surface area contributed by atoms with Crippen LogP contribution in [0.5, 0.6) is 0 Å². The second kappa shape index (κ2) is 5.74. The Bertz CT molecular complexity index is 664. The Kier molecular flexibility index (Phi) is 3.85. The minimum atomic E-state index is -1.18. The molecule has 8 nitrogen and oxygen atoms in total. The highest BCUT2D eigenvalue weighted by Crippen LogP contribution is 2.17. The molecule has 1 heterocycles. The van der Waals surface area contributed by atoms with Crippen molar-refractivity contribution in [2.24, 2.45) is 0 Å². The van der Waals surface area contributed by atoms with Crippen molar-refractivity contribution in [1.82, 2.24) is 20.2 Å². The number of nitrogens with zero attached hydrogens (tertiary/aromatic N) is 4. The third-order valence-electron chi connectivity index (χ3n) is 2.44. The number of aryl methyl sites for hydroxylation is 1. The number of nitrogens with one attached hydrogen (secondary N) is 1. The Morgan fingerprint density at radius 1 is 1.35 bits per heavy atom. The number of hydrogen-bond acceptors (Lipinski definition) is 5. The van der Waals surface area contributed by atoms with E-state index < -0.39 is 11.9 Å². The zero-order valence-corrected chi connectivity index (χ0v) is 10.5. The predicted octanol–water partition coefficient (Wildman–Crippen LogP) is 0.550. The molecule has 1 amide bonds. The summed E-state index contributed by atoms with van der Waals surface area (Å²) in [7, 11) is 0. The van der Waals surface area contributed by atoms with E-state index >= 15 is 0 Å². The number of anilines is 1. The zero-order valence-electron chi connectivity index (χ0n) is 10.5. The second-order valence-electron chi connectivity index (χ2n) is 3.92. The molecule has 0 unspecified atom stereocenters. The molecular formula is C12H11N5O3. The molecule has 102 valence electrons. The molecule has 2 aromatic rings. The lowest BCUT2D eigenvalue weighted by Gasteiger charge is -2.07. The highest BCUT2D eigenvalue weighted by molar-refractivity contribution is 6.02. The number of hydrogen-bond donors (Lipinski definition) is 2. The van der Waals surface area contributed by atoms with Crippen molar-refractivity contribution in [2.45, 2.75) is 6.92 Å². The molecule has 0 aliphatic heterocycles. The molecule has 0 bridgehead atoms. The van der Waals surface area contributed by atoms with Crippen LogP contribution >= 0.6 is 0 Å². The molecule has 20 heavy (non-hydrogen) atoms. The van der Waals surface area contributed by atoms with Crippen molar-refractivity contribution in [3.05, 3.63) is 42.2 Å². The van der Waals surface area contributed by atoms with E-state index in [1.54, 1.807) is 18.2 Å². The smallest absolute Gasteiger partial charge is 0.328 e. The molecular weight excluding hydrogens is 262 g/mol. The standard InChI is InChI=1S/C12H11N5O3/c1-8-6-9(14-11(18)4-5-12(19)20)2-3-10(8)17-7-13-15-16-17/h2-7H,1H3,(H,14,18)(H,19,20)/b5-4+. The van der Waals surface area contributed by atoms with Crippen LogP contribution in [-0.2, 0) is 9.59 Å². The molecule has 0 fully saturated rings. The first-order valence-corrected chi connectivity index (χ1v) is 5.62. The van der Waals surface area contributed by atoms with E-state index in [1.165, 1.54) is 11.0 Å². The van der Waals surface area contributed by atoms with Gasteiger partial charge in [0.1, 0.15) is 6.33 Å². The molecule has 0 spiro atoms. The number of rotatable bonds is 4. The normalized spacial score (nSPS) is 10.7. The number of amides is 1. The van der Waals surface area contributed by atoms with Crippen molar-refractivity contribution in [1.29, 1.82) is 0 Å². The summed E-state index contributed by atoms with van der Waals surface area (Å²) in [5.74, 6) is -1.69. The van der Waals surface area contributed by atoms with Crippen molar-refractivity contribution in [2.75, 3.05) is 5.32 Å². The summed E-state index contributed by atoms with van der Waals surface area (Å²) in [4.78, 5) is 21.7. The average Bonchev–Trinajstić information content (AvgIpc) is 2.90. The Morgan fingerprint density at radius 2 is 2.15 bits per heavy atom. The summed E-state index contributed by atoms with van der Waals surface area (Å²) < 4.78 is 1.51. The van der Waals surface area contributed by atoms with Gasteiger partial charge in [0.15, 0.2) is 0 Å². The fraction of sp³-hybridized carbons (Fsp3) is 0.0833. The van der Waals surface area contributed by atoms with Gasteiger partial charge in [-0.2, -0.15) is 0 Å². The van der Waals surface area contributed by atoms with Gasteiger partial charge in [-0.25, -0.2) is 9.48 Å². The highest BCUT2D eigenvalue weighted by atomic mass is 16.4. The fourth-order valence-corrected chi connectivity index (χ4v) is 1.59. The number of carbonyl (C=O) groups is 2. The molecule has 1 aromatic carbocycles. The summed E-state index contributed by atoms with van der Waals surface area (Å²) in [6.07, 6.45) is 3.20. The van der Waals surface area contributed by atoms with Crippen LogP contribution in [0, 0.1) is 6.92 Å². The first-order chi connectivity index (χ1) is 9.56. The van der Waals surface area contributed by atoms with Gasteiger partial charge in [0.2, 0.25) is 5.91 Å². The van der Waals surface area contributed by atoms with Crippen LogP contribution in [-0.4, -0.2) is 37.2 Å². The van der Waals surface area contributed by atoms with Gasteiger partial charge in [0.05, 0.1) is 5.69 Å². The molecule has 0 saturated carbocycles. The number of carbonyl (C=O) groups excluding carboxylic acids is 1. The Balaban J connectivity index is 2.14. The van der Waals surface area contributed by atoms with E-state index in [9.17, 15) is 9.59 Å². The van der Waals surface area contributed by atoms with Gasteiger partial charge in [-0.1, -0.05) is 0 Å². The van der Waals surface area contributed by atoms with Gasteiger partial charge >= 0.3 is 5.97 Å². The molecule has 0 radical (unpaired) electrons. The Labute approximate surface area is 113 Å². The SMILES string of the molecule is Cc1cc(NC(=O)/C=C/C(=O)O)ccc1-n1cnnn1. The van der Waals surface area contributed by atoms with Gasteiger partial charge in [-0.3, -0.25) is 4.79 Å². The number of tetrazole rings is 1. The average molecular weight is 273 g/mol. The lowest BCUT2D eigenvalue weighted by Crippen LogP contribution is -2.09. The molecule has 2 N–H and O–H groups in total. The van der Waals surface area contributed by atoms with Crippen molar-refractivity contribution in [3.8, 4) is 5.69 Å². The lowest BCUT2D eigenvalue weighted by molar-refractivity contribution is -0.131. The summed E-state index contributed by atoms with van der Waals surface area (Å²) in [6, 6.07) is 5.17. The number of benzene rings is 1. The fourth-order valence-electron chi connectivity index (χ4n) is 1.59. The molecule has 0 aliphatic carbocycles. The van der Waals surface area contributed by atoms with E-state index in [4.69, 9.17) is 5.11 Å². The maximum absolute atomic E-state index is 11.4. The molecule has 2 rings (SSSR count). The van der Waals surface area contributed by atoms with Crippen LogP contribution in [0.1, 0.15) is 5.56 Å². The van der Waals surface area contributed by atoms with Crippen molar-refractivity contribution < 1.29 is 14.7 Å². The maximum Gasteiger partial charge on any atom is 0.328 e. The number of carboxylic acids is 1. The second-order valence-corrected chi connectivity index (χ2v) is 3.92. The summed E-state index contributed by atoms with van der Waals surface area (Å²) in [6.45, 7) is 1.85. The molecule has 0 aliphatic rings. The van der Waals surface area contributed by atoms with Gasteiger partial charge < -0.3 is 10.4 Å². The van der Waals surface area contributed by atoms with E-state index in [0.717, 1.165) is 23.4 Å². The third-order valence-corrected chi connectivity index (χ3v) is 2.44. The first-order valence-electron chi connectivity index (χ1n) is 5.62. The molecule has 1 aromatic heterocycles. The Hall–Kier alpha value is -3.03. The van der Waals surface area contributed by atoms with Gasteiger partial charge in [-0.15, -0.1) is 5.10 Å². The quantitative estimate of drug-likeness (QED) is 0.787. The van der Waals surface area contributed by atoms with Crippen LogP contribution in [0.25, 0.3) is 5.69 Å². The Morgan fingerprint density at radius 3 is 2.75 bits per heavy atom. The minimum absolute atomic E-state index is 0.512. The largest absolute Gasteiger partial charge is 0.478 e. The van der Waals surface area contributed by atoms with Crippen LogP contribution < -0.4 is 5.32 Å². The molecule has 8 heteroatoms. The minimum Gasteiger partial charge on any atom is -0.478 e. The van der Waals surface area contributed by atoms with Gasteiger partial charge in [-0.05, 0) is 41.1 Å². The lowest BCUT2D eigenvalue weighted by atomic mass is 10.2. The first kappa shape index (κ1) is 13.4.